The molecule has 3 aromatic rings. The molecule has 4 rings (SSSR count). The van der Waals surface area contributed by atoms with Crippen LogP contribution in [-0.4, -0.2) is 35.2 Å². The van der Waals surface area contributed by atoms with E-state index in [-0.39, 0.29) is 29.7 Å². The van der Waals surface area contributed by atoms with E-state index in [1.54, 1.807) is 47.4 Å². The number of likely N-dealkylation sites (N-methyl/N-ethyl adjacent to an activating group) is 1. The van der Waals surface area contributed by atoms with Crippen LogP contribution in [0.25, 0.3) is 11.3 Å². The molecule has 2 N–H and O–H groups in total. The monoisotopic (exact) mass is 414 g/mol. The zero-order chi connectivity index (χ0) is 21.8. The molecule has 0 bridgehead atoms. The molecule has 2 heterocycles. The van der Waals surface area contributed by atoms with Crippen LogP contribution in [0.1, 0.15) is 18.1 Å². The first-order valence-corrected chi connectivity index (χ1v) is 9.57. The number of hydrazone groups is 1. The Morgan fingerprint density at radius 3 is 2.84 bits per heavy atom. The summed E-state index contributed by atoms with van der Waals surface area (Å²) in [6.07, 6.45) is 1.54. The number of anilines is 2. The van der Waals surface area contributed by atoms with Gasteiger partial charge in [0.05, 0.1) is 17.6 Å². The van der Waals surface area contributed by atoms with Gasteiger partial charge in [0, 0.05) is 12.1 Å². The summed E-state index contributed by atoms with van der Waals surface area (Å²) >= 11 is 0. The van der Waals surface area contributed by atoms with Crippen molar-refractivity contribution in [3.63, 3.8) is 0 Å². The van der Waals surface area contributed by atoms with Crippen molar-refractivity contribution in [2.75, 3.05) is 23.5 Å². The first-order chi connectivity index (χ1) is 15.1. The molecule has 0 saturated carbocycles. The Bertz CT molecular complexity index is 1260. The van der Waals surface area contributed by atoms with E-state index in [0.29, 0.717) is 23.5 Å². The van der Waals surface area contributed by atoms with Crippen LogP contribution in [0.4, 0.5) is 11.6 Å². The fraction of sp³-hybridized carbons (Fsp3) is 0.136. The van der Waals surface area contributed by atoms with E-state index in [2.05, 4.69) is 20.5 Å². The quantitative estimate of drug-likeness (QED) is 0.488. The third-order valence-electron chi connectivity index (χ3n) is 4.70. The van der Waals surface area contributed by atoms with Crippen LogP contribution in [0.5, 0.6) is 5.75 Å². The largest absolute Gasteiger partial charge is 0.482 e. The van der Waals surface area contributed by atoms with Crippen molar-refractivity contribution in [2.45, 2.75) is 6.92 Å². The van der Waals surface area contributed by atoms with E-state index < -0.39 is 5.56 Å². The number of hydrogen-bond acceptors (Lipinski definition) is 7. The summed E-state index contributed by atoms with van der Waals surface area (Å²) in [6.45, 7) is 2.45. The number of nitriles is 1. The van der Waals surface area contributed by atoms with Crippen LogP contribution in [-0.2, 0) is 4.79 Å². The Morgan fingerprint density at radius 2 is 2.10 bits per heavy atom. The van der Waals surface area contributed by atoms with Gasteiger partial charge in [-0.1, -0.05) is 30.3 Å². The van der Waals surface area contributed by atoms with Crippen molar-refractivity contribution in [2.24, 2.45) is 5.10 Å². The molecule has 2 aromatic carbocycles. The molecule has 0 saturated heterocycles. The van der Waals surface area contributed by atoms with E-state index in [1.165, 1.54) is 6.21 Å². The molecule has 1 aliphatic heterocycles. The van der Waals surface area contributed by atoms with E-state index in [4.69, 9.17) is 4.74 Å². The number of amides is 1. The number of hydrogen-bond donors (Lipinski definition) is 2. The summed E-state index contributed by atoms with van der Waals surface area (Å²) < 4.78 is 5.46. The van der Waals surface area contributed by atoms with Gasteiger partial charge in [0.25, 0.3) is 11.5 Å². The molecule has 0 aliphatic carbocycles. The maximum Gasteiger partial charge on any atom is 0.270 e. The molecule has 0 spiro atoms. The van der Waals surface area contributed by atoms with Crippen molar-refractivity contribution in [3.05, 3.63) is 70.0 Å². The van der Waals surface area contributed by atoms with Crippen molar-refractivity contribution >= 4 is 23.8 Å². The SMILES string of the molecule is CCN1C(=O)COc2ccc(C=NNc3nc(-c4ccccc4)c(C#N)c(=O)[nH]3)cc21. The number of nitrogens with zero attached hydrogens (tertiary/aromatic N) is 4. The molecule has 1 aromatic heterocycles. The van der Waals surface area contributed by atoms with Crippen molar-refractivity contribution in [3.8, 4) is 23.1 Å². The number of rotatable bonds is 5. The van der Waals surface area contributed by atoms with Gasteiger partial charge in [-0.25, -0.2) is 10.4 Å². The highest BCUT2D eigenvalue weighted by atomic mass is 16.5. The number of benzene rings is 2. The topological polar surface area (TPSA) is 123 Å². The third kappa shape index (κ3) is 4.00. The summed E-state index contributed by atoms with van der Waals surface area (Å²) in [7, 11) is 0. The lowest BCUT2D eigenvalue weighted by atomic mass is 10.1. The highest BCUT2D eigenvalue weighted by molar-refractivity contribution is 5.99. The lowest BCUT2D eigenvalue weighted by Crippen LogP contribution is -2.38. The average molecular weight is 414 g/mol. The smallest absolute Gasteiger partial charge is 0.270 e. The van der Waals surface area contributed by atoms with Gasteiger partial charge in [0.15, 0.2) is 6.61 Å². The van der Waals surface area contributed by atoms with Crippen LogP contribution in [0.3, 0.4) is 0 Å². The number of carbonyl (C=O) groups excluding carboxylic acids is 1. The fourth-order valence-corrected chi connectivity index (χ4v) is 3.25. The highest BCUT2D eigenvalue weighted by Crippen LogP contribution is 2.32. The molecule has 0 atom stereocenters. The Balaban J connectivity index is 1.60. The van der Waals surface area contributed by atoms with Crippen LogP contribution in [0.15, 0.2) is 58.4 Å². The zero-order valence-corrected chi connectivity index (χ0v) is 16.6. The number of fused-ring (bicyclic) bond motifs is 1. The summed E-state index contributed by atoms with van der Waals surface area (Å²) in [5.41, 5.74) is 4.39. The summed E-state index contributed by atoms with van der Waals surface area (Å²) in [6, 6.07) is 16.3. The number of ether oxygens (including phenoxy) is 1. The summed E-state index contributed by atoms with van der Waals surface area (Å²) in [5.74, 6) is 0.637. The van der Waals surface area contributed by atoms with E-state index in [0.717, 1.165) is 5.56 Å². The molecular weight excluding hydrogens is 396 g/mol. The second kappa shape index (κ2) is 8.51. The maximum absolute atomic E-state index is 12.3. The van der Waals surface area contributed by atoms with Gasteiger partial charge < -0.3 is 9.64 Å². The van der Waals surface area contributed by atoms with Gasteiger partial charge >= 0.3 is 0 Å². The predicted molar refractivity (Wildman–Crippen MR) is 116 cm³/mol. The van der Waals surface area contributed by atoms with Crippen molar-refractivity contribution in [1.82, 2.24) is 9.97 Å². The lowest BCUT2D eigenvalue weighted by molar-refractivity contribution is -0.121. The van der Waals surface area contributed by atoms with Gasteiger partial charge in [-0.3, -0.25) is 14.6 Å². The van der Waals surface area contributed by atoms with Gasteiger partial charge in [-0.15, -0.1) is 0 Å². The Kier molecular flexibility index (Phi) is 5.45. The highest BCUT2D eigenvalue weighted by Gasteiger charge is 2.24. The van der Waals surface area contributed by atoms with Crippen LogP contribution in [0.2, 0.25) is 0 Å². The van der Waals surface area contributed by atoms with Gasteiger partial charge in [-0.2, -0.15) is 10.4 Å². The maximum atomic E-state index is 12.3. The minimum atomic E-state index is -0.558. The molecule has 0 unspecified atom stereocenters. The molecule has 1 aliphatic rings. The Labute approximate surface area is 177 Å². The second-order valence-electron chi connectivity index (χ2n) is 6.64. The number of nitrogens with one attached hydrogen (secondary N) is 2. The first kappa shape index (κ1) is 19.8. The molecule has 0 fully saturated rings. The third-order valence-corrected chi connectivity index (χ3v) is 4.70. The Morgan fingerprint density at radius 1 is 1.29 bits per heavy atom. The molecule has 1 amide bonds. The van der Waals surface area contributed by atoms with Gasteiger partial charge in [-0.05, 0) is 30.7 Å². The van der Waals surface area contributed by atoms with E-state index in [1.807, 2.05) is 19.1 Å². The lowest BCUT2D eigenvalue weighted by Gasteiger charge is -2.28. The molecule has 154 valence electrons. The zero-order valence-electron chi connectivity index (χ0n) is 16.6. The summed E-state index contributed by atoms with van der Waals surface area (Å²) in [5, 5.41) is 13.5. The minimum absolute atomic E-state index is 0.0251. The van der Waals surface area contributed by atoms with Crippen LogP contribution in [0, 0.1) is 11.3 Å². The fourth-order valence-electron chi connectivity index (χ4n) is 3.25. The number of H-pyrrole nitrogens is 1. The number of aromatic nitrogens is 2. The van der Waals surface area contributed by atoms with Gasteiger partial charge in [0.1, 0.15) is 17.4 Å². The minimum Gasteiger partial charge on any atom is -0.482 e. The standard InChI is InChI=1S/C22H18N6O3/c1-2-28-17-10-14(8-9-18(17)31-13-19(28)29)12-24-27-22-25-20(15-6-4-3-5-7-15)16(11-23)21(30)26-22/h3-10,12H,2,13H2,1H3,(H2,25,26,27,30). The van der Waals surface area contributed by atoms with Crippen molar-refractivity contribution < 1.29 is 9.53 Å². The van der Waals surface area contributed by atoms with Crippen LogP contribution >= 0.6 is 0 Å². The molecule has 9 heteroatoms. The van der Waals surface area contributed by atoms with E-state index >= 15 is 0 Å². The van der Waals surface area contributed by atoms with Crippen molar-refractivity contribution in [1.29, 1.82) is 5.26 Å². The first-order valence-electron chi connectivity index (χ1n) is 9.57. The molecule has 31 heavy (non-hydrogen) atoms. The van der Waals surface area contributed by atoms with Crippen LogP contribution < -0.4 is 20.6 Å². The number of aromatic amines is 1. The predicted octanol–water partition coefficient (Wildman–Crippen LogP) is 2.50. The second-order valence-corrected chi connectivity index (χ2v) is 6.64. The summed E-state index contributed by atoms with van der Waals surface area (Å²) in [4.78, 5) is 32.8. The van der Waals surface area contributed by atoms with Gasteiger partial charge in [0.2, 0.25) is 5.95 Å². The molecule has 9 nitrogen and oxygen atoms in total. The number of carbonyl (C=O) groups is 1. The Hall–Kier alpha value is -4.45. The normalized spacial score (nSPS) is 12.9. The molecule has 0 radical (unpaired) electrons. The van der Waals surface area contributed by atoms with E-state index in [9.17, 15) is 14.9 Å². The molecular formula is C22H18N6O3. The average Bonchev–Trinajstić information content (AvgIpc) is 2.79.